The zero-order valence-corrected chi connectivity index (χ0v) is 19.9. The fourth-order valence-electron chi connectivity index (χ4n) is 5.45. The smallest absolute Gasteiger partial charge is 0.407 e. The first-order valence-corrected chi connectivity index (χ1v) is 11.7. The third-order valence-corrected chi connectivity index (χ3v) is 6.99. The molecule has 3 heterocycles. The van der Waals surface area contributed by atoms with E-state index in [2.05, 4.69) is 26.1 Å². The monoisotopic (exact) mass is 441 g/mol. The Morgan fingerprint density at radius 3 is 2.42 bits per heavy atom. The van der Waals surface area contributed by atoms with Gasteiger partial charge in [-0.05, 0) is 58.3 Å². The lowest BCUT2D eigenvalue weighted by atomic mass is 9.75. The minimum atomic E-state index is -0.780. The number of carbonyl (C=O) groups is 1. The van der Waals surface area contributed by atoms with Gasteiger partial charge >= 0.3 is 6.09 Å². The van der Waals surface area contributed by atoms with Gasteiger partial charge in [0.1, 0.15) is 24.4 Å². The normalized spacial score (nSPS) is 43.7. The van der Waals surface area contributed by atoms with Gasteiger partial charge in [0.15, 0.2) is 17.9 Å². The first-order valence-electron chi connectivity index (χ1n) is 11.7. The van der Waals surface area contributed by atoms with Gasteiger partial charge in [-0.3, -0.25) is 0 Å². The quantitative estimate of drug-likeness (QED) is 0.714. The molecule has 178 valence electrons. The van der Waals surface area contributed by atoms with Gasteiger partial charge in [-0.1, -0.05) is 27.2 Å². The van der Waals surface area contributed by atoms with Crippen LogP contribution < -0.4 is 5.32 Å². The maximum atomic E-state index is 13.0. The standard InChI is InChI=1S/C23H39NO7/c1-12(2)14-9-8-13(3)10-15(14)27-21(25)24-17-18(16-11-26-22(4,5)29-16)28-20-19(17)30-23(6,7)31-20/h12-20H,8-11H2,1-7H3,(H,24,25)/t13-,14+,15-,16-,17+,18+,19?,20?/m0/s1. The molecule has 1 amide bonds. The van der Waals surface area contributed by atoms with Crippen molar-refractivity contribution in [3.8, 4) is 0 Å². The van der Waals surface area contributed by atoms with Crippen molar-refractivity contribution >= 4 is 6.09 Å². The summed E-state index contributed by atoms with van der Waals surface area (Å²) in [6.07, 6.45) is 0.852. The van der Waals surface area contributed by atoms with E-state index >= 15 is 0 Å². The summed E-state index contributed by atoms with van der Waals surface area (Å²) in [7, 11) is 0. The molecule has 3 aliphatic heterocycles. The predicted molar refractivity (Wildman–Crippen MR) is 112 cm³/mol. The molecule has 3 saturated heterocycles. The maximum Gasteiger partial charge on any atom is 0.407 e. The van der Waals surface area contributed by atoms with Gasteiger partial charge in [0.25, 0.3) is 0 Å². The van der Waals surface area contributed by atoms with Crippen molar-refractivity contribution in [3.63, 3.8) is 0 Å². The number of nitrogens with one attached hydrogen (secondary N) is 1. The maximum absolute atomic E-state index is 13.0. The number of ether oxygens (including phenoxy) is 6. The molecule has 4 rings (SSSR count). The Balaban J connectivity index is 1.46. The number of amides is 1. The molecule has 8 heteroatoms. The molecule has 0 radical (unpaired) electrons. The van der Waals surface area contributed by atoms with E-state index in [1.54, 1.807) is 0 Å². The van der Waals surface area contributed by atoms with Gasteiger partial charge in [0, 0.05) is 0 Å². The summed E-state index contributed by atoms with van der Waals surface area (Å²) in [5, 5.41) is 3.04. The van der Waals surface area contributed by atoms with Gasteiger partial charge in [-0.15, -0.1) is 0 Å². The Morgan fingerprint density at radius 1 is 1.03 bits per heavy atom. The number of rotatable bonds is 4. The van der Waals surface area contributed by atoms with Gasteiger partial charge in [0.05, 0.1) is 12.6 Å². The van der Waals surface area contributed by atoms with Crippen molar-refractivity contribution < 1.29 is 33.2 Å². The first-order chi connectivity index (χ1) is 14.4. The summed E-state index contributed by atoms with van der Waals surface area (Å²) in [5.74, 6) is -0.0738. The molecule has 0 aromatic carbocycles. The number of fused-ring (bicyclic) bond motifs is 1. The molecule has 0 aromatic heterocycles. The van der Waals surface area contributed by atoms with Gasteiger partial charge < -0.3 is 33.7 Å². The molecule has 0 bridgehead atoms. The summed E-state index contributed by atoms with van der Waals surface area (Å²) in [6, 6.07) is -0.458. The van der Waals surface area contributed by atoms with Crippen molar-refractivity contribution in [1.29, 1.82) is 0 Å². The number of hydrogen-bond donors (Lipinski definition) is 1. The highest BCUT2D eigenvalue weighted by atomic mass is 16.8. The van der Waals surface area contributed by atoms with Crippen LogP contribution in [0.5, 0.6) is 0 Å². The second-order valence-electron chi connectivity index (χ2n) is 10.9. The third kappa shape index (κ3) is 5.03. The molecule has 0 spiro atoms. The fourth-order valence-corrected chi connectivity index (χ4v) is 5.45. The van der Waals surface area contributed by atoms with Crippen LogP contribution in [0.15, 0.2) is 0 Å². The summed E-state index contributed by atoms with van der Waals surface area (Å²) in [4.78, 5) is 13.0. The van der Waals surface area contributed by atoms with Crippen LogP contribution in [0.3, 0.4) is 0 Å². The summed E-state index contributed by atoms with van der Waals surface area (Å²) in [5.41, 5.74) is 0. The van der Waals surface area contributed by atoms with Crippen LogP contribution >= 0.6 is 0 Å². The minimum absolute atomic E-state index is 0.0810. The molecule has 8 nitrogen and oxygen atoms in total. The van der Waals surface area contributed by atoms with E-state index in [0.717, 1.165) is 12.8 Å². The van der Waals surface area contributed by atoms with E-state index in [0.29, 0.717) is 24.4 Å². The Hall–Kier alpha value is -0.930. The zero-order valence-electron chi connectivity index (χ0n) is 19.9. The molecule has 1 aliphatic carbocycles. The fraction of sp³-hybridized carbons (Fsp3) is 0.957. The molecule has 31 heavy (non-hydrogen) atoms. The van der Waals surface area contributed by atoms with Gasteiger partial charge in [-0.25, -0.2) is 4.79 Å². The number of carbonyl (C=O) groups excluding carboxylic acids is 1. The van der Waals surface area contributed by atoms with Crippen molar-refractivity contribution in [2.45, 2.75) is 116 Å². The van der Waals surface area contributed by atoms with Crippen molar-refractivity contribution in [1.82, 2.24) is 5.32 Å². The Labute approximate surface area is 185 Å². The van der Waals surface area contributed by atoms with Crippen LogP contribution in [0.25, 0.3) is 0 Å². The average Bonchev–Trinajstić information content (AvgIpc) is 3.25. The van der Waals surface area contributed by atoms with Crippen LogP contribution in [-0.2, 0) is 28.4 Å². The van der Waals surface area contributed by atoms with Crippen LogP contribution in [0.2, 0.25) is 0 Å². The average molecular weight is 442 g/mol. The molecular formula is C23H39NO7. The van der Waals surface area contributed by atoms with Gasteiger partial charge in [-0.2, -0.15) is 0 Å². The molecular weight excluding hydrogens is 402 g/mol. The highest BCUT2D eigenvalue weighted by Gasteiger charge is 2.59. The van der Waals surface area contributed by atoms with Crippen LogP contribution in [0, 0.1) is 17.8 Å². The van der Waals surface area contributed by atoms with E-state index in [9.17, 15) is 4.79 Å². The Morgan fingerprint density at radius 2 is 1.77 bits per heavy atom. The molecule has 2 unspecified atom stereocenters. The SMILES string of the molecule is CC(C)[C@H]1CC[C@H](C)C[C@@H]1OC(=O)N[C@H]1C2OC(C)(C)OC2O[C@@H]1[C@@H]1COC(C)(C)O1. The minimum Gasteiger partial charge on any atom is -0.446 e. The van der Waals surface area contributed by atoms with E-state index in [-0.39, 0.29) is 12.2 Å². The summed E-state index contributed by atoms with van der Waals surface area (Å²) < 4.78 is 35.9. The van der Waals surface area contributed by atoms with Crippen LogP contribution in [0.1, 0.15) is 67.7 Å². The third-order valence-electron chi connectivity index (χ3n) is 6.99. The Kier molecular flexibility index (Phi) is 6.33. The van der Waals surface area contributed by atoms with Crippen LogP contribution in [-0.4, -0.2) is 61.0 Å². The molecule has 4 aliphatic rings. The zero-order chi connectivity index (χ0) is 22.6. The highest BCUT2D eigenvalue weighted by Crippen LogP contribution is 2.41. The molecule has 1 saturated carbocycles. The molecule has 1 N–H and O–H groups in total. The number of hydrogen-bond acceptors (Lipinski definition) is 7. The highest BCUT2D eigenvalue weighted by molar-refractivity contribution is 5.68. The van der Waals surface area contributed by atoms with E-state index in [4.69, 9.17) is 28.4 Å². The van der Waals surface area contributed by atoms with Crippen LogP contribution in [0.4, 0.5) is 4.79 Å². The van der Waals surface area contributed by atoms with E-state index in [1.165, 1.54) is 6.42 Å². The topological polar surface area (TPSA) is 84.5 Å². The largest absolute Gasteiger partial charge is 0.446 e. The second kappa shape index (κ2) is 8.45. The van der Waals surface area contributed by atoms with E-state index < -0.39 is 42.2 Å². The predicted octanol–water partition coefficient (Wildman–Crippen LogP) is 3.57. The second-order valence-corrected chi connectivity index (χ2v) is 10.9. The summed E-state index contributed by atoms with van der Waals surface area (Å²) in [6.45, 7) is 14.4. The molecule has 0 aromatic rings. The van der Waals surface area contributed by atoms with E-state index in [1.807, 2.05) is 27.7 Å². The lowest BCUT2D eigenvalue weighted by Gasteiger charge is -2.37. The lowest BCUT2D eigenvalue weighted by Crippen LogP contribution is -2.53. The van der Waals surface area contributed by atoms with Crippen molar-refractivity contribution in [3.05, 3.63) is 0 Å². The van der Waals surface area contributed by atoms with Gasteiger partial charge in [0.2, 0.25) is 0 Å². The van der Waals surface area contributed by atoms with Crippen molar-refractivity contribution in [2.75, 3.05) is 6.61 Å². The Bertz CT molecular complexity index is 666. The summed E-state index contributed by atoms with van der Waals surface area (Å²) >= 11 is 0. The lowest BCUT2D eigenvalue weighted by molar-refractivity contribution is -0.223. The number of alkyl carbamates (subject to hydrolysis) is 1. The molecule has 4 fully saturated rings. The first kappa shape index (κ1) is 23.2. The molecule has 8 atom stereocenters. The van der Waals surface area contributed by atoms with Crippen molar-refractivity contribution in [2.24, 2.45) is 17.8 Å².